The summed E-state index contributed by atoms with van der Waals surface area (Å²) in [6.45, 7) is 12.8. The maximum atomic E-state index is 13.6. The van der Waals surface area contributed by atoms with Gasteiger partial charge in [-0.05, 0) is 112 Å². The lowest BCUT2D eigenvalue weighted by Crippen LogP contribution is -2.71. The molecule has 16 atom stereocenters. The monoisotopic (exact) mass is 728 g/mol. The average Bonchev–Trinajstić information content (AvgIpc) is 3.49. The Kier molecular flexibility index (Phi) is 8.63. The number of halogens is 1. The number of nitrogens with one attached hydrogen (secondary N) is 1. The number of carbonyl (C=O) groups is 1. The predicted molar refractivity (Wildman–Crippen MR) is 182 cm³/mol. The van der Waals surface area contributed by atoms with Crippen LogP contribution in [0.2, 0.25) is 0 Å². The Balaban J connectivity index is 1.05. The summed E-state index contributed by atoms with van der Waals surface area (Å²) < 4.78 is 40.9. The first-order valence-electron chi connectivity index (χ1n) is 19.5. The van der Waals surface area contributed by atoms with Crippen molar-refractivity contribution < 1.29 is 52.5 Å². The molecule has 0 aromatic heterocycles. The second-order valence-electron chi connectivity index (χ2n) is 17.6. The minimum Gasteiger partial charge on any atom is -0.345 e. The van der Waals surface area contributed by atoms with E-state index in [-0.39, 0.29) is 41.6 Å². The van der Waals surface area contributed by atoms with E-state index in [1.807, 2.05) is 13.8 Å². The molecular formula is C39H53FN2O10. The van der Waals surface area contributed by atoms with Gasteiger partial charge in [-0.25, -0.2) is 28.7 Å². The molecule has 1 amide bonds. The van der Waals surface area contributed by atoms with Gasteiger partial charge in [0, 0.05) is 36.8 Å². The predicted octanol–water partition coefficient (Wildman–Crippen LogP) is 7.62. The lowest BCUT2D eigenvalue weighted by atomic mass is 9.56. The number of anilines is 1. The molecule has 8 heterocycles. The van der Waals surface area contributed by atoms with Crippen molar-refractivity contribution in [2.24, 2.45) is 52.5 Å². The van der Waals surface area contributed by atoms with Gasteiger partial charge in [0.15, 0.2) is 23.8 Å². The van der Waals surface area contributed by atoms with Crippen molar-refractivity contribution in [3.8, 4) is 0 Å². The Bertz CT molecular complexity index is 1580. The number of nitrogens with zero attached hydrogens (tertiary/aromatic N) is 1. The number of amides is 1. The summed E-state index contributed by atoms with van der Waals surface area (Å²) in [5.74, 6) is -0.854. The van der Waals surface area contributed by atoms with Gasteiger partial charge >= 0.3 is 6.09 Å². The Labute approximate surface area is 304 Å². The highest BCUT2D eigenvalue weighted by Gasteiger charge is 2.71. The number of oxime groups is 1. The van der Waals surface area contributed by atoms with E-state index in [1.165, 1.54) is 24.3 Å². The average molecular weight is 729 g/mol. The van der Waals surface area contributed by atoms with Crippen LogP contribution in [0.5, 0.6) is 0 Å². The van der Waals surface area contributed by atoms with E-state index in [4.69, 9.17) is 43.3 Å². The van der Waals surface area contributed by atoms with Gasteiger partial charge < -0.3 is 18.9 Å². The number of benzene rings is 1. The van der Waals surface area contributed by atoms with Crippen LogP contribution >= 0.6 is 0 Å². The molecule has 1 aromatic rings. The van der Waals surface area contributed by atoms with Crippen LogP contribution in [0, 0.1) is 53.2 Å². The van der Waals surface area contributed by atoms with Crippen LogP contribution < -0.4 is 5.32 Å². The van der Waals surface area contributed by atoms with Crippen LogP contribution in [0.3, 0.4) is 0 Å². The van der Waals surface area contributed by atoms with Gasteiger partial charge in [-0.1, -0.05) is 32.9 Å². The molecule has 2 saturated carbocycles. The van der Waals surface area contributed by atoms with Gasteiger partial charge in [0.05, 0.1) is 11.8 Å². The van der Waals surface area contributed by atoms with Crippen molar-refractivity contribution in [2.45, 2.75) is 147 Å². The zero-order valence-electron chi connectivity index (χ0n) is 31.0. The van der Waals surface area contributed by atoms with Crippen LogP contribution in [-0.4, -0.2) is 59.4 Å². The second-order valence-corrected chi connectivity index (χ2v) is 17.6. The molecule has 12 nitrogen and oxygen atoms in total. The Morgan fingerprint density at radius 3 is 1.92 bits per heavy atom. The molecule has 10 aliphatic rings. The standard InChI is InChI=1S/C39H53FN2O10/c1-20-7-13-28-22(3)31(44-33-38(28)26(20)15-17-36(5,46-33)49-51-38)19-30(42-48-35(43)41-25-11-9-24(40)10-12-25)32-23(4)29-14-8-21(2)27-16-18-37(6)47-34(45-32)39(27,29)52-50-37/h9-12,20-23,26-29,31-34H,7-8,13-19H2,1-6H3,(H,41,43)/b42-30-/t20-,21-,22-,23-,26+,27+,28+,29+,31-,32+,33-,34-,36+,37+,38-,39-/m1/s1. The van der Waals surface area contributed by atoms with E-state index in [9.17, 15) is 9.18 Å². The molecule has 11 rings (SSSR count). The molecule has 0 unspecified atom stereocenters. The maximum Gasteiger partial charge on any atom is 0.437 e. The highest BCUT2D eigenvalue weighted by molar-refractivity contribution is 5.91. The minimum atomic E-state index is -0.941. The van der Waals surface area contributed by atoms with Gasteiger partial charge in [-0.2, -0.15) is 0 Å². The highest BCUT2D eigenvalue weighted by atomic mass is 19.1. The fourth-order valence-electron chi connectivity index (χ4n) is 11.7. The summed E-state index contributed by atoms with van der Waals surface area (Å²) in [6, 6.07) is 5.47. The summed E-state index contributed by atoms with van der Waals surface area (Å²) >= 11 is 0. The SMILES string of the molecule is C[C@H]1[C@@H](/C(C[C@H]2O[C@@H]3O[C@]4(C)CC[C@H]5[C@H](C)CC[C@@H]([C@H]2C)[C@@]35OO4)=N\OC(=O)Nc2ccc(F)cc2)O[C@@H]2O[C@]3(C)CC[C@H]4[C@H](C)CC[C@@H]1[C@@]24OO3. The van der Waals surface area contributed by atoms with Crippen molar-refractivity contribution >= 4 is 17.5 Å². The lowest BCUT2D eigenvalue weighted by molar-refractivity contribution is -0.571. The molecule has 1 aromatic carbocycles. The van der Waals surface area contributed by atoms with E-state index >= 15 is 0 Å². The van der Waals surface area contributed by atoms with E-state index in [0.29, 0.717) is 36.1 Å². The highest BCUT2D eigenvalue weighted by Crippen LogP contribution is 2.63. The van der Waals surface area contributed by atoms with Crippen molar-refractivity contribution in [1.29, 1.82) is 0 Å². The third-order valence-electron chi connectivity index (χ3n) is 14.5. The number of hydrogen-bond acceptors (Lipinski definition) is 11. The van der Waals surface area contributed by atoms with Crippen LogP contribution in [0.15, 0.2) is 29.4 Å². The Morgan fingerprint density at radius 1 is 0.769 bits per heavy atom. The fourth-order valence-corrected chi connectivity index (χ4v) is 11.7. The second kappa shape index (κ2) is 12.7. The number of carbonyl (C=O) groups excluding carboxylic acids is 1. The van der Waals surface area contributed by atoms with Gasteiger partial charge in [0.2, 0.25) is 11.6 Å². The molecule has 286 valence electrons. The zero-order chi connectivity index (χ0) is 36.2. The normalized spacial score (nSPS) is 50.7. The molecule has 4 bridgehead atoms. The fraction of sp³-hybridized carbons (Fsp3) is 0.795. The van der Waals surface area contributed by atoms with Gasteiger partial charge in [0.25, 0.3) is 0 Å². The van der Waals surface area contributed by atoms with Gasteiger partial charge in [-0.3, -0.25) is 10.2 Å². The van der Waals surface area contributed by atoms with Crippen molar-refractivity contribution in [3.63, 3.8) is 0 Å². The first kappa shape index (κ1) is 35.5. The minimum absolute atomic E-state index is 0.0325. The Morgan fingerprint density at radius 2 is 1.33 bits per heavy atom. The van der Waals surface area contributed by atoms with E-state index < -0.39 is 53.4 Å². The summed E-state index contributed by atoms with van der Waals surface area (Å²) in [5, 5.41) is 7.22. The summed E-state index contributed by atoms with van der Waals surface area (Å²) in [6.07, 6.45) is 4.55. The van der Waals surface area contributed by atoms with Gasteiger partial charge in [0.1, 0.15) is 11.9 Å². The lowest BCUT2D eigenvalue weighted by Gasteiger charge is -2.61. The maximum absolute atomic E-state index is 13.6. The van der Waals surface area contributed by atoms with Crippen LogP contribution in [0.4, 0.5) is 14.9 Å². The quantitative estimate of drug-likeness (QED) is 0.140. The van der Waals surface area contributed by atoms with Crippen LogP contribution in [0.25, 0.3) is 0 Å². The number of ether oxygens (including phenoxy) is 4. The summed E-state index contributed by atoms with van der Waals surface area (Å²) in [4.78, 5) is 43.7. The zero-order valence-corrected chi connectivity index (χ0v) is 31.0. The summed E-state index contributed by atoms with van der Waals surface area (Å²) in [7, 11) is 0. The topological polar surface area (TPSA) is 125 Å². The number of fused-ring (bicyclic) bond motifs is 4. The molecule has 1 N–H and O–H groups in total. The van der Waals surface area contributed by atoms with Gasteiger partial charge in [-0.15, -0.1) is 0 Å². The number of hydrogen-bond donors (Lipinski definition) is 1. The molecule has 10 fully saturated rings. The molecule has 0 radical (unpaired) electrons. The third kappa shape index (κ3) is 5.43. The molecule has 13 heteroatoms. The van der Waals surface area contributed by atoms with Crippen molar-refractivity contribution in [2.75, 3.05) is 5.32 Å². The van der Waals surface area contributed by atoms with Crippen LogP contribution in [-0.2, 0) is 43.3 Å². The Hall–Kier alpha value is -2.23. The van der Waals surface area contributed by atoms with Crippen molar-refractivity contribution in [1.82, 2.24) is 0 Å². The van der Waals surface area contributed by atoms with E-state index in [1.54, 1.807) is 0 Å². The molecular weight excluding hydrogens is 675 g/mol. The number of rotatable bonds is 5. The smallest absolute Gasteiger partial charge is 0.345 e. The third-order valence-corrected chi connectivity index (χ3v) is 14.5. The van der Waals surface area contributed by atoms with E-state index in [0.717, 1.165) is 44.9 Å². The van der Waals surface area contributed by atoms with Crippen LogP contribution in [0.1, 0.15) is 99.3 Å². The van der Waals surface area contributed by atoms with E-state index in [2.05, 4.69) is 38.2 Å². The largest absolute Gasteiger partial charge is 0.437 e. The molecule has 52 heavy (non-hydrogen) atoms. The summed E-state index contributed by atoms with van der Waals surface area (Å²) in [5.41, 5.74) is -0.543. The molecule has 2 spiro atoms. The first-order chi connectivity index (χ1) is 24.8. The van der Waals surface area contributed by atoms with Crippen molar-refractivity contribution in [3.05, 3.63) is 30.1 Å². The first-order valence-corrected chi connectivity index (χ1v) is 19.5. The molecule has 8 aliphatic heterocycles. The molecule has 2 aliphatic carbocycles. The molecule has 8 saturated heterocycles.